The van der Waals surface area contributed by atoms with Crippen LogP contribution in [0, 0.1) is 0 Å². The number of methoxy groups -OCH3 is 2. The summed E-state index contributed by atoms with van der Waals surface area (Å²) in [7, 11) is -6.27. The summed E-state index contributed by atoms with van der Waals surface area (Å²) < 4.78 is 96.7. The van der Waals surface area contributed by atoms with E-state index in [9.17, 15) is 30.7 Å². The Kier molecular flexibility index (Phi) is 16.4. The van der Waals surface area contributed by atoms with E-state index >= 15 is 0 Å². The summed E-state index contributed by atoms with van der Waals surface area (Å²) in [5.74, 6) is -0.856. The first-order valence-corrected chi connectivity index (χ1v) is 21.9. The lowest BCUT2D eigenvalue weighted by Crippen LogP contribution is -2.33. The fourth-order valence-corrected chi connectivity index (χ4v) is 8.60. The monoisotopic (exact) mass is 831 g/mol. The van der Waals surface area contributed by atoms with E-state index in [-0.39, 0.29) is 16.2 Å². The zero-order valence-corrected chi connectivity index (χ0v) is 35.0. The molecule has 2 aromatic carbocycles. The Morgan fingerprint density at radius 3 is 1.96 bits per heavy atom. The highest BCUT2D eigenvalue weighted by atomic mass is 32.2. The molecule has 2 aliphatic heterocycles. The van der Waals surface area contributed by atoms with Crippen molar-refractivity contribution in [3.05, 3.63) is 83.6 Å². The number of nitrogens with zero attached hydrogens (tertiary/aromatic N) is 2. The van der Waals surface area contributed by atoms with Crippen LogP contribution in [0.1, 0.15) is 70.4 Å². The predicted molar refractivity (Wildman–Crippen MR) is 213 cm³/mol. The summed E-state index contributed by atoms with van der Waals surface area (Å²) in [6, 6.07) is 8.90. The maximum absolute atomic E-state index is 12.2. The average Bonchev–Trinajstić information content (AvgIpc) is 3.53. The Balaban J connectivity index is 1.75. The summed E-state index contributed by atoms with van der Waals surface area (Å²) in [5, 5.41) is 9.14. The molecule has 4 rings (SSSR count). The van der Waals surface area contributed by atoms with Gasteiger partial charge in [-0.3, -0.25) is 4.79 Å². The summed E-state index contributed by atoms with van der Waals surface area (Å²) in [4.78, 5) is 12.6. The van der Waals surface area contributed by atoms with Crippen LogP contribution in [0.5, 0.6) is 0 Å². The SMILES string of the molecule is CCN1/C(=C/C=C/C=C/C2=[N+](CCCCCC(=O)O)c3ccc(S(=O)(=O)[O-])cc3C2(C)CCOCCOC)C(C)(CCOCCOC)c2cc(S(=O)(=O)[O-])ccc21. The van der Waals surface area contributed by atoms with Crippen LogP contribution in [0.2, 0.25) is 0 Å². The van der Waals surface area contributed by atoms with Crippen molar-refractivity contribution in [1.82, 2.24) is 0 Å². The number of anilines is 1. The van der Waals surface area contributed by atoms with Crippen molar-refractivity contribution < 1.29 is 59.4 Å². The first-order valence-electron chi connectivity index (χ1n) is 19.1. The maximum atomic E-state index is 12.2. The van der Waals surface area contributed by atoms with Crippen LogP contribution in [0.3, 0.4) is 0 Å². The average molecular weight is 832 g/mol. The van der Waals surface area contributed by atoms with E-state index in [0.29, 0.717) is 96.0 Å². The van der Waals surface area contributed by atoms with Gasteiger partial charge in [0, 0.05) is 81.3 Å². The fraction of sp³-hybridized carbons (Fsp3) is 0.512. The number of carboxylic acid groups (broad SMARTS) is 1. The van der Waals surface area contributed by atoms with Crippen LogP contribution in [-0.2, 0) is 54.8 Å². The molecule has 0 fully saturated rings. The Morgan fingerprint density at radius 1 is 0.789 bits per heavy atom. The highest BCUT2D eigenvalue weighted by Crippen LogP contribution is 2.50. The number of unbranched alkanes of at least 4 members (excludes halogenated alkanes) is 2. The molecule has 2 unspecified atom stereocenters. The number of ether oxygens (including phenoxy) is 4. The Hall–Kier alpha value is -3.74. The number of allylic oxidation sites excluding steroid dienone is 6. The van der Waals surface area contributed by atoms with Crippen molar-refractivity contribution in [2.45, 2.75) is 79.9 Å². The molecule has 0 amide bonds. The second kappa shape index (κ2) is 20.3. The molecule has 0 saturated carbocycles. The number of hydrogen-bond acceptors (Lipinski definition) is 12. The number of rotatable bonds is 24. The number of hydrogen-bond donors (Lipinski definition) is 1. The summed E-state index contributed by atoms with van der Waals surface area (Å²) >= 11 is 0. The lowest BCUT2D eigenvalue weighted by Gasteiger charge is -2.30. The van der Waals surface area contributed by atoms with Crippen molar-refractivity contribution in [2.24, 2.45) is 0 Å². The number of fused-ring (bicyclic) bond motifs is 2. The Bertz CT molecular complexity index is 2080. The van der Waals surface area contributed by atoms with Gasteiger partial charge in [-0.15, -0.1) is 0 Å². The topological polar surface area (TPSA) is 195 Å². The Labute approximate surface area is 337 Å². The van der Waals surface area contributed by atoms with Gasteiger partial charge in [-0.1, -0.05) is 18.2 Å². The third-order valence-electron chi connectivity index (χ3n) is 10.7. The van der Waals surface area contributed by atoms with Crippen molar-refractivity contribution in [3.63, 3.8) is 0 Å². The number of carboxylic acids is 1. The van der Waals surface area contributed by atoms with Gasteiger partial charge in [0.05, 0.1) is 41.6 Å². The van der Waals surface area contributed by atoms with Crippen LogP contribution < -0.4 is 4.90 Å². The normalized spacial score (nSPS) is 20.4. The third-order valence-corrected chi connectivity index (χ3v) is 12.3. The molecule has 1 N–H and O–H groups in total. The standard InChI is InChI=1S/C41H56N2O12S2/c1-6-42-35-18-16-31(56(46,47)48)29-33(35)40(2,20-23-54-27-25-52-4)37(42)13-9-7-10-14-38-41(3,21-24-55-28-26-53-5)34-30-32(57(49,50)51)17-19-36(34)43(38)22-12-8-11-15-39(44)45/h7,9-10,13-14,16-19,29-30H,6,8,11-12,15,20-28H2,1-5H3,(H2-,44,45,46,47,48,49,50,51)/p-1. The van der Waals surface area contributed by atoms with E-state index in [1.54, 1.807) is 26.4 Å². The zero-order chi connectivity index (χ0) is 41.9. The molecule has 2 heterocycles. The number of carbonyl (C=O) groups is 1. The molecule has 2 aliphatic rings. The van der Waals surface area contributed by atoms with Crippen LogP contribution >= 0.6 is 0 Å². The first kappa shape index (κ1) is 46.0. The van der Waals surface area contributed by atoms with Crippen LogP contribution in [0.25, 0.3) is 0 Å². The maximum Gasteiger partial charge on any atom is 0.303 e. The quantitative estimate of drug-likeness (QED) is 0.0613. The van der Waals surface area contributed by atoms with Gasteiger partial charge < -0.3 is 38.1 Å². The summed E-state index contributed by atoms with van der Waals surface area (Å²) in [5.41, 5.74) is 3.25. The van der Waals surface area contributed by atoms with E-state index in [2.05, 4.69) is 9.48 Å². The van der Waals surface area contributed by atoms with E-state index in [1.807, 2.05) is 51.2 Å². The van der Waals surface area contributed by atoms with Crippen LogP contribution in [0.15, 0.2) is 82.3 Å². The van der Waals surface area contributed by atoms with Crippen molar-refractivity contribution in [2.75, 3.05) is 71.9 Å². The van der Waals surface area contributed by atoms with E-state index in [4.69, 9.17) is 24.1 Å². The van der Waals surface area contributed by atoms with Gasteiger partial charge >= 0.3 is 5.97 Å². The molecule has 2 aromatic rings. The number of likely N-dealkylation sites (N-methyl/N-ethyl adjacent to an activating group) is 1. The number of aliphatic carboxylic acids is 1. The molecule has 0 saturated heterocycles. The molecule has 0 aliphatic carbocycles. The minimum absolute atomic E-state index is 0.0634. The molecular formula is C41H55N2O12S2-. The van der Waals surface area contributed by atoms with E-state index in [0.717, 1.165) is 22.8 Å². The molecule has 0 spiro atoms. The third kappa shape index (κ3) is 11.3. The minimum Gasteiger partial charge on any atom is -0.744 e. The van der Waals surface area contributed by atoms with Gasteiger partial charge in [-0.25, -0.2) is 16.8 Å². The van der Waals surface area contributed by atoms with E-state index < -0.39 is 37.0 Å². The molecule has 16 heteroatoms. The van der Waals surface area contributed by atoms with Crippen LogP contribution in [0.4, 0.5) is 11.4 Å². The molecule has 0 aromatic heterocycles. The number of benzene rings is 2. The van der Waals surface area contributed by atoms with Gasteiger partial charge in [0.2, 0.25) is 5.69 Å². The van der Waals surface area contributed by atoms with Gasteiger partial charge in [-0.05, 0) is 88.4 Å². The van der Waals surface area contributed by atoms with Crippen LogP contribution in [-0.4, -0.2) is 114 Å². The van der Waals surface area contributed by atoms with Gasteiger partial charge in [0.1, 0.15) is 26.8 Å². The Morgan fingerprint density at radius 2 is 1.39 bits per heavy atom. The smallest absolute Gasteiger partial charge is 0.303 e. The predicted octanol–water partition coefficient (Wildman–Crippen LogP) is 5.40. The van der Waals surface area contributed by atoms with Crippen molar-refractivity contribution in [1.29, 1.82) is 0 Å². The summed E-state index contributed by atoms with van der Waals surface area (Å²) in [6.07, 6.45) is 12.5. The molecule has 2 atom stereocenters. The first-order chi connectivity index (χ1) is 27.0. The lowest BCUT2D eigenvalue weighted by molar-refractivity contribution is -0.438. The van der Waals surface area contributed by atoms with Gasteiger partial charge in [-0.2, -0.15) is 4.58 Å². The van der Waals surface area contributed by atoms with Crippen molar-refractivity contribution >= 4 is 43.3 Å². The second-order valence-electron chi connectivity index (χ2n) is 14.4. The second-order valence-corrected chi connectivity index (χ2v) is 17.2. The molecule has 14 nitrogen and oxygen atoms in total. The minimum atomic E-state index is -4.74. The van der Waals surface area contributed by atoms with E-state index in [1.165, 1.54) is 24.3 Å². The fourth-order valence-electron chi connectivity index (χ4n) is 7.60. The largest absolute Gasteiger partial charge is 0.744 e. The lowest BCUT2D eigenvalue weighted by atomic mass is 9.76. The highest BCUT2D eigenvalue weighted by Gasteiger charge is 2.48. The molecule has 0 bridgehead atoms. The summed E-state index contributed by atoms with van der Waals surface area (Å²) in [6.45, 7) is 9.39. The highest BCUT2D eigenvalue weighted by molar-refractivity contribution is 7.86. The molecule has 314 valence electrons. The zero-order valence-electron chi connectivity index (χ0n) is 33.4. The van der Waals surface area contributed by atoms with Crippen molar-refractivity contribution in [3.8, 4) is 0 Å². The molecule has 57 heavy (non-hydrogen) atoms. The van der Waals surface area contributed by atoms with Gasteiger partial charge in [0.15, 0.2) is 5.71 Å². The molecular weight excluding hydrogens is 777 g/mol. The molecule has 0 radical (unpaired) electrons. The van der Waals surface area contributed by atoms with Gasteiger partial charge in [0.25, 0.3) is 0 Å².